The van der Waals surface area contributed by atoms with Crippen molar-refractivity contribution in [3.8, 4) is 0 Å². The van der Waals surface area contributed by atoms with Gasteiger partial charge in [0.05, 0.1) is 0 Å². The molecule has 16 heavy (non-hydrogen) atoms. The first-order valence-corrected chi connectivity index (χ1v) is 5.78. The number of hydrogen-bond donors (Lipinski definition) is 0. The molecule has 0 aliphatic carbocycles. The van der Waals surface area contributed by atoms with Crippen molar-refractivity contribution in [3.05, 3.63) is 41.8 Å². The van der Waals surface area contributed by atoms with Gasteiger partial charge in [0.1, 0.15) is 0 Å². The summed E-state index contributed by atoms with van der Waals surface area (Å²) in [5.41, 5.74) is 0. The minimum Gasteiger partial charge on any atom is -0.279 e. The number of carbonyl (C=O) groups excluding carboxylic acids is 1. The lowest BCUT2D eigenvalue weighted by atomic mass is 10.3. The summed E-state index contributed by atoms with van der Waals surface area (Å²) < 4.78 is 1.71. The molecule has 1 aliphatic heterocycles. The summed E-state index contributed by atoms with van der Waals surface area (Å²) in [6, 6.07) is 1.77. The van der Waals surface area contributed by atoms with Crippen LogP contribution >= 0.6 is 11.9 Å². The van der Waals surface area contributed by atoms with Gasteiger partial charge in [-0.3, -0.25) is 9.10 Å². The first-order chi connectivity index (χ1) is 7.86. The van der Waals surface area contributed by atoms with Gasteiger partial charge in [-0.15, -0.1) is 0 Å². The Labute approximate surface area is 98.2 Å². The molecule has 1 aromatic rings. The largest absolute Gasteiger partial charge is 0.279 e. The van der Waals surface area contributed by atoms with Crippen LogP contribution in [0.5, 0.6) is 0 Å². The fourth-order valence-electron chi connectivity index (χ4n) is 1.24. The Bertz CT molecular complexity index is 416. The van der Waals surface area contributed by atoms with Gasteiger partial charge in [-0.05, 0) is 35.9 Å². The van der Waals surface area contributed by atoms with E-state index in [2.05, 4.69) is 9.97 Å². The van der Waals surface area contributed by atoms with E-state index < -0.39 is 0 Å². The topological polar surface area (TPSA) is 46.1 Å². The highest BCUT2D eigenvalue weighted by atomic mass is 32.2. The second-order valence-electron chi connectivity index (χ2n) is 3.15. The van der Waals surface area contributed by atoms with Gasteiger partial charge < -0.3 is 0 Å². The highest BCUT2D eigenvalue weighted by molar-refractivity contribution is 8.00. The molecule has 1 aliphatic rings. The molecule has 0 N–H and O–H groups in total. The normalized spacial score (nSPS) is 16.0. The summed E-state index contributed by atoms with van der Waals surface area (Å²) in [5, 5.41) is 1.83. The highest BCUT2D eigenvalue weighted by Gasteiger charge is 2.12. The predicted octanol–water partition coefficient (Wildman–Crippen LogP) is 1.88. The standard InChI is InChI=1S/C11H11N3OS/c15-11-4-1-2-8-14(11)16-9-5-10-12-6-3-7-13-10/h1,3-7,9H,2,8H2/b9-5+. The molecule has 1 aromatic heterocycles. The minimum atomic E-state index is 0.0369. The minimum absolute atomic E-state index is 0.0369. The summed E-state index contributed by atoms with van der Waals surface area (Å²) in [6.07, 6.45) is 9.57. The van der Waals surface area contributed by atoms with Crippen LogP contribution in [0.1, 0.15) is 12.2 Å². The van der Waals surface area contributed by atoms with Gasteiger partial charge in [-0.25, -0.2) is 9.97 Å². The lowest BCUT2D eigenvalue weighted by molar-refractivity contribution is -0.121. The first kappa shape index (κ1) is 10.9. The van der Waals surface area contributed by atoms with Gasteiger partial charge in [0, 0.05) is 25.0 Å². The molecule has 82 valence electrons. The summed E-state index contributed by atoms with van der Waals surface area (Å²) in [7, 11) is 0. The molecule has 2 heterocycles. The van der Waals surface area contributed by atoms with Crippen molar-refractivity contribution in [2.75, 3.05) is 6.54 Å². The molecule has 0 bridgehead atoms. The van der Waals surface area contributed by atoms with Crippen LogP contribution in [-0.4, -0.2) is 26.7 Å². The van der Waals surface area contributed by atoms with Crippen molar-refractivity contribution in [1.29, 1.82) is 0 Å². The number of aromatic nitrogens is 2. The average molecular weight is 233 g/mol. The van der Waals surface area contributed by atoms with E-state index in [1.54, 1.807) is 34.9 Å². The molecule has 0 aromatic carbocycles. The van der Waals surface area contributed by atoms with Gasteiger partial charge >= 0.3 is 0 Å². The molecule has 2 rings (SSSR count). The third-order valence-corrected chi connectivity index (χ3v) is 2.87. The van der Waals surface area contributed by atoms with Crippen molar-refractivity contribution >= 4 is 23.9 Å². The van der Waals surface area contributed by atoms with Crippen LogP contribution in [0.15, 0.2) is 36.0 Å². The molecule has 0 saturated heterocycles. The Hall–Kier alpha value is -1.62. The van der Waals surface area contributed by atoms with E-state index in [1.165, 1.54) is 11.9 Å². The Morgan fingerprint density at radius 3 is 2.94 bits per heavy atom. The molecule has 4 nitrogen and oxygen atoms in total. The quantitative estimate of drug-likeness (QED) is 0.748. The first-order valence-electron chi connectivity index (χ1n) is 4.94. The molecular formula is C11H11N3OS. The van der Waals surface area contributed by atoms with E-state index in [1.807, 2.05) is 11.5 Å². The third kappa shape index (κ3) is 2.93. The molecule has 0 fully saturated rings. The van der Waals surface area contributed by atoms with Crippen molar-refractivity contribution in [3.63, 3.8) is 0 Å². The summed E-state index contributed by atoms with van der Waals surface area (Å²) in [5.74, 6) is 0.685. The van der Waals surface area contributed by atoms with E-state index in [0.717, 1.165) is 13.0 Å². The molecule has 0 atom stereocenters. The zero-order chi connectivity index (χ0) is 11.2. The number of rotatable bonds is 3. The smallest absolute Gasteiger partial charge is 0.256 e. The van der Waals surface area contributed by atoms with Crippen LogP contribution in [0.25, 0.3) is 6.08 Å². The van der Waals surface area contributed by atoms with Crippen molar-refractivity contribution < 1.29 is 4.79 Å². The maximum absolute atomic E-state index is 11.4. The van der Waals surface area contributed by atoms with Crippen molar-refractivity contribution in [1.82, 2.24) is 14.3 Å². The Balaban J connectivity index is 1.90. The SMILES string of the molecule is O=C1C=CCCN1S/C=C/c1ncccn1. The monoisotopic (exact) mass is 233 g/mol. The summed E-state index contributed by atoms with van der Waals surface area (Å²) in [6.45, 7) is 0.750. The number of nitrogens with zero attached hydrogens (tertiary/aromatic N) is 3. The fourth-order valence-corrected chi connectivity index (χ4v) is 1.94. The number of carbonyl (C=O) groups is 1. The van der Waals surface area contributed by atoms with Gasteiger partial charge in [-0.1, -0.05) is 6.08 Å². The zero-order valence-corrected chi connectivity index (χ0v) is 9.43. The number of amides is 1. The summed E-state index contributed by atoms with van der Waals surface area (Å²) in [4.78, 5) is 19.5. The van der Waals surface area contributed by atoms with E-state index >= 15 is 0 Å². The van der Waals surface area contributed by atoms with Gasteiger partial charge in [0.2, 0.25) is 0 Å². The van der Waals surface area contributed by atoms with Gasteiger partial charge in [-0.2, -0.15) is 0 Å². The highest BCUT2D eigenvalue weighted by Crippen LogP contribution is 2.17. The van der Waals surface area contributed by atoms with E-state index in [9.17, 15) is 4.79 Å². The van der Waals surface area contributed by atoms with E-state index in [0.29, 0.717) is 5.82 Å². The molecule has 0 spiro atoms. The molecule has 5 heteroatoms. The lowest BCUT2D eigenvalue weighted by Crippen LogP contribution is -2.25. The molecular weight excluding hydrogens is 222 g/mol. The van der Waals surface area contributed by atoms with Crippen molar-refractivity contribution in [2.45, 2.75) is 6.42 Å². The van der Waals surface area contributed by atoms with Crippen LogP contribution < -0.4 is 0 Å². The average Bonchev–Trinajstić information content (AvgIpc) is 2.33. The van der Waals surface area contributed by atoms with Crippen LogP contribution in [0.4, 0.5) is 0 Å². The Kier molecular flexibility index (Phi) is 3.71. The van der Waals surface area contributed by atoms with Gasteiger partial charge in [0.15, 0.2) is 5.82 Å². The molecule has 0 saturated carbocycles. The molecule has 1 amide bonds. The Morgan fingerprint density at radius 1 is 1.38 bits per heavy atom. The van der Waals surface area contributed by atoms with Crippen molar-refractivity contribution in [2.24, 2.45) is 0 Å². The maximum atomic E-state index is 11.4. The van der Waals surface area contributed by atoms with Crippen LogP contribution in [-0.2, 0) is 4.79 Å². The van der Waals surface area contributed by atoms with E-state index in [-0.39, 0.29) is 5.91 Å². The van der Waals surface area contributed by atoms with Gasteiger partial charge in [0.25, 0.3) is 5.91 Å². The maximum Gasteiger partial charge on any atom is 0.256 e. The second kappa shape index (κ2) is 5.46. The fraction of sp³-hybridized carbons (Fsp3) is 0.182. The third-order valence-electron chi connectivity index (χ3n) is 2.00. The van der Waals surface area contributed by atoms with E-state index in [4.69, 9.17) is 0 Å². The molecule has 0 radical (unpaired) electrons. The Morgan fingerprint density at radius 2 is 2.19 bits per heavy atom. The summed E-state index contributed by atoms with van der Waals surface area (Å²) >= 11 is 1.37. The number of hydrogen-bond acceptors (Lipinski definition) is 4. The zero-order valence-electron chi connectivity index (χ0n) is 8.61. The predicted molar refractivity (Wildman–Crippen MR) is 64.1 cm³/mol. The van der Waals surface area contributed by atoms with Crippen LogP contribution in [0.2, 0.25) is 0 Å². The van der Waals surface area contributed by atoms with Crippen LogP contribution in [0.3, 0.4) is 0 Å². The van der Waals surface area contributed by atoms with Crippen LogP contribution in [0, 0.1) is 0 Å². The second-order valence-corrected chi connectivity index (χ2v) is 4.07. The molecule has 0 unspecified atom stereocenters. The lowest BCUT2D eigenvalue weighted by Gasteiger charge is -2.19.